The number of anilines is 2. The molecule has 0 amide bonds. The number of nitrogens with one attached hydrogen (secondary N) is 1. The predicted molar refractivity (Wildman–Crippen MR) is 72.9 cm³/mol. The summed E-state index contributed by atoms with van der Waals surface area (Å²) in [6, 6.07) is 3.86. The number of rotatable bonds is 3. The summed E-state index contributed by atoms with van der Waals surface area (Å²) in [6.07, 6.45) is 5.53. The summed E-state index contributed by atoms with van der Waals surface area (Å²) in [5, 5.41) is 11.5. The maximum Gasteiger partial charge on any atom is 0.290 e. The van der Waals surface area contributed by atoms with Crippen LogP contribution in [0.4, 0.5) is 11.5 Å². The second-order valence-electron chi connectivity index (χ2n) is 4.70. The van der Waals surface area contributed by atoms with Crippen molar-refractivity contribution < 1.29 is 0 Å². The summed E-state index contributed by atoms with van der Waals surface area (Å²) in [5.41, 5.74) is 0.143. The second kappa shape index (κ2) is 4.70. The molecule has 1 aliphatic rings. The highest BCUT2D eigenvalue weighted by molar-refractivity contribution is 6.29. The molecule has 1 fully saturated rings. The Balaban J connectivity index is 1.84. The Morgan fingerprint density at radius 1 is 1.42 bits per heavy atom. The summed E-state index contributed by atoms with van der Waals surface area (Å²) in [6.45, 7) is 0. The van der Waals surface area contributed by atoms with Crippen molar-refractivity contribution in [1.29, 1.82) is 0 Å². The number of hydrogen-bond acceptors (Lipinski definition) is 4. The van der Waals surface area contributed by atoms with Crippen molar-refractivity contribution in [2.24, 2.45) is 7.05 Å². The summed E-state index contributed by atoms with van der Waals surface area (Å²) in [7, 11) is 1.56. The van der Waals surface area contributed by atoms with Crippen LogP contribution < -0.4 is 10.9 Å². The molecule has 0 saturated heterocycles. The lowest BCUT2D eigenvalue weighted by atomic mass is 9.93. The van der Waals surface area contributed by atoms with Crippen LogP contribution in [0.2, 0.25) is 5.15 Å². The number of aryl methyl sites for hydroxylation is 1. The monoisotopic (exact) mass is 279 g/mol. The van der Waals surface area contributed by atoms with Crippen LogP contribution >= 0.6 is 11.6 Å². The van der Waals surface area contributed by atoms with E-state index < -0.39 is 0 Å². The molecule has 0 bridgehead atoms. The van der Waals surface area contributed by atoms with Crippen molar-refractivity contribution >= 4 is 23.1 Å². The Kier molecular flexibility index (Phi) is 3.02. The van der Waals surface area contributed by atoms with Gasteiger partial charge < -0.3 is 5.32 Å². The summed E-state index contributed by atoms with van der Waals surface area (Å²) in [4.78, 5) is 11.9. The molecule has 7 heteroatoms. The quantitative estimate of drug-likeness (QED) is 0.934. The molecule has 3 rings (SSSR count). The molecule has 100 valence electrons. The van der Waals surface area contributed by atoms with Crippen molar-refractivity contribution in [3.8, 4) is 0 Å². The Bertz CT molecular complexity index is 658. The Hall–Kier alpha value is -1.82. The van der Waals surface area contributed by atoms with Crippen LogP contribution in [-0.2, 0) is 7.05 Å². The van der Waals surface area contributed by atoms with Gasteiger partial charge in [0.05, 0.1) is 6.04 Å². The first-order chi connectivity index (χ1) is 9.13. The molecule has 19 heavy (non-hydrogen) atoms. The fraction of sp³-hybridized carbons (Fsp3) is 0.417. The Morgan fingerprint density at radius 3 is 2.89 bits per heavy atom. The van der Waals surface area contributed by atoms with E-state index in [0.29, 0.717) is 17.5 Å². The first-order valence-electron chi connectivity index (χ1n) is 6.19. The van der Waals surface area contributed by atoms with Crippen molar-refractivity contribution in [1.82, 2.24) is 19.6 Å². The van der Waals surface area contributed by atoms with Crippen molar-refractivity contribution in [2.45, 2.75) is 25.3 Å². The third kappa shape index (κ3) is 2.35. The number of nitrogens with zero attached hydrogens (tertiary/aromatic N) is 4. The SMILES string of the molecule is Cn1nc(Cl)cc(Nc2ccn(C3CCC3)n2)c1=O. The standard InChI is InChI=1S/C12H14ClN5O/c1-17-12(19)9(7-10(13)15-17)14-11-5-6-18(16-11)8-3-2-4-8/h5-8H,2-4H2,1H3,(H,14,16). The van der Waals surface area contributed by atoms with E-state index in [0.717, 1.165) is 0 Å². The van der Waals surface area contributed by atoms with Crippen LogP contribution in [0.5, 0.6) is 0 Å². The van der Waals surface area contributed by atoms with E-state index >= 15 is 0 Å². The zero-order chi connectivity index (χ0) is 13.4. The van der Waals surface area contributed by atoms with Gasteiger partial charge in [-0.1, -0.05) is 11.6 Å². The Labute approximate surface area is 115 Å². The molecule has 0 unspecified atom stereocenters. The van der Waals surface area contributed by atoms with Gasteiger partial charge in [0, 0.05) is 25.4 Å². The lowest BCUT2D eigenvalue weighted by Crippen LogP contribution is -2.22. The molecule has 0 aliphatic heterocycles. The minimum Gasteiger partial charge on any atom is -0.334 e. The third-order valence-corrected chi connectivity index (χ3v) is 3.54. The van der Waals surface area contributed by atoms with E-state index in [1.807, 2.05) is 16.9 Å². The Morgan fingerprint density at radius 2 is 2.21 bits per heavy atom. The smallest absolute Gasteiger partial charge is 0.290 e. The van der Waals surface area contributed by atoms with Gasteiger partial charge in [-0.2, -0.15) is 10.2 Å². The summed E-state index contributed by atoms with van der Waals surface area (Å²) >= 11 is 5.84. The van der Waals surface area contributed by atoms with Gasteiger partial charge in [-0.3, -0.25) is 9.48 Å². The van der Waals surface area contributed by atoms with Gasteiger partial charge in [-0.15, -0.1) is 0 Å². The van der Waals surface area contributed by atoms with Crippen LogP contribution in [0.25, 0.3) is 0 Å². The highest BCUT2D eigenvalue weighted by Gasteiger charge is 2.20. The zero-order valence-corrected chi connectivity index (χ0v) is 11.3. The molecule has 0 radical (unpaired) electrons. The van der Waals surface area contributed by atoms with Gasteiger partial charge in [-0.25, -0.2) is 4.68 Å². The highest BCUT2D eigenvalue weighted by Crippen LogP contribution is 2.31. The minimum absolute atomic E-state index is 0.234. The molecule has 0 atom stereocenters. The van der Waals surface area contributed by atoms with Crippen LogP contribution in [0.3, 0.4) is 0 Å². The van der Waals surface area contributed by atoms with Gasteiger partial charge in [0.2, 0.25) is 0 Å². The molecular formula is C12H14ClN5O. The fourth-order valence-electron chi connectivity index (χ4n) is 2.06. The lowest BCUT2D eigenvalue weighted by Gasteiger charge is -2.25. The van der Waals surface area contributed by atoms with Gasteiger partial charge in [0.25, 0.3) is 5.56 Å². The van der Waals surface area contributed by atoms with Crippen LogP contribution in [0, 0.1) is 0 Å². The predicted octanol–water partition coefficient (Wildman–Crippen LogP) is 2.10. The van der Waals surface area contributed by atoms with E-state index in [-0.39, 0.29) is 10.7 Å². The first-order valence-corrected chi connectivity index (χ1v) is 6.57. The van der Waals surface area contributed by atoms with Crippen LogP contribution in [0.15, 0.2) is 23.1 Å². The maximum atomic E-state index is 11.9. The zero-order valence-electron chi connectivity index (χ0n) is 10.5. The average Bonchev–Trinajstić information content (AvgIpc) is 2.71. The van der Waals surface area contributed by atoms with E-state index in [1.54, 1.807) is 7.05 Å². The van der Waals surface area contributed by atoms with Gasteiger partial charge in [0.1, 0.15) is 5.69 Å². The van der Waals surface area contributed by atoms with Gasteiger partial charge in [-0.05, 0) is 19.3 Å². The molecule has 2 aromatic rings. The third-order valence-electron chi connectivity index (χ3n) is 3.35. The molecule has 0 aromatic carbocycles. The van der Waals surface area contributed by atoms with E-state index in [2.05, 4.69) is 15.5 Å². The maximum absolute atomic E-state index is 11.9. The van der Waals surface area contributed by atoms with Gasteiger partial charge >= 0.3 is 0 Å². The van der Waals surface area contributed by atoms with E-state index in [4.69, 9.17) is 11.6 Å². The fourth-order valence-corrected chi connectivity index (χ4v) is 2.28. The number of halogens is 1. The number of aromatic nitrogens is 4. The van der Waals surface area contributed by atoms with E-state index in [9.17, 15) is 4.79 Å². The second-order valence-corrected chi connectivity index (χ2v) is 5.09. The lowest BCUT2D eigenvalue weighted by molar-refractivity contribution is 0.290. The van der Waals surface area contributed by atoms with Crippen LogP contribution in [-0.4, -0.2) is 19.6 Å². The molecule has 2 aromatic heterocycles. The van der Waals surface area contributed by atoms with E-state index in [1.165, 1.54) is 30.0 Å². The van der Waals surface area contributed by atoms with Crippen molar-refractivity contribution in [2.75, 3.05) is 5.32 Å². The minimum atomic E-state index is -0.234. The molecule has 1 aliphatic carbocycles. The molecule has 1 N–H and O–H groups in total. The molecule has 1 saturated carbocycles. The van der Waals surface area contributed by atoms with Crippen molar-refractivity contribution in [3.63, 3.8) is 0 Å². The molecular weight excluding hydrogens is 266 g/mol. The largest absolute Gasteiger partial charge is 0.334 e. The molecule has 6 nitrogen and oxygen atoms in total. The number of hydrogen-bond donors (Lipinski definition) is 1. The average molecular weight is 280 g/mol. The van der Waals surface area contributed by atoms with Crippen LogP contribution in [0.1, 0.15) is 25.3 Å². The molecule has 2 heterocycles. The normalized spacial score (nSPS) is 15.3. The first kappa shape index (κ1) is 12.2. The summed E-state index contributed by atoms with van der Waals surface area (Å²) in [5.74, 6) is 0.645. The van der Waals surface area contributed by atoms with Gasteiger partial charge in [0.15, 0.2) is 11.0 Å². The topological polar surface area (TPSA) is 64.7 Å². The molecule has 0 spiro atoms. The summed E-state index contributed by atoms with van der Waals surface area (Å²) < 4.78 is 3.15. The van der Waals surface area contributed by atoms with Crippen molar-refractivity contribution in [3.05, 3.63) is 33.8 Å². The highest BCUT2D eigenvalue weighted by atomic mass is 35.5.